The van der Waals surface area contributed by atoms with Crippen LogP contribution in [0.25, 0.3) is 0 Å². The van der Waals surface area contributed by atoms with Crippen LogP contribution in [0.15, 0.2) is 6.07 Å². The molecule has 1 aromatic heterocycles. The Morgan fingerprint density at radius 3 is 2.52 bits per heavy atom. The van der Waals surface area contributed by atoms with Crippen LogP contribution in [0.2, 0.25) is 0 Å². The van der Waals surface area contributed by atoms with Crippen molar-refractivity contribution in [1.82, 2.24) is 10.3 Å². The number of anilines is 1. The third kappa shape index (κ3) is 3.97. The summed E-state index contributed by atoms with van der Waals surface area (Å²) in [6.45, 7) is 10.8. The van der Waals surface area contributed by atoms with Crippen molar-refractivity contribution < 1.29 is 0 Å². The van der Waals surface area contributed by atoms with Crippen LogP contribution < -0.4 is 10.2 Å². The lowest BCUT2D eigenvalue weighted by atomic mass is 9.86. The van der Waals surface area contributed by atoms with Gasteiger partial charge in [0.25, 0.3) is 0 Å². The number of hydrogen-bond acceptors (Lipinski definition) is 3. The molecule has 0 amide bonds. The minimum Gasteiger partial charge on any atom is -0.356 e. The van der Waals surface area contributed by atoms with E-state index in [2.05, 4.69) is 51.0 Å². The van der Waals surface area contributed by atoms with Crippen molar-refractivity contribution >= 4 is 5.82 Å². The van der Waals surface area contributed by atoms with Gasteiger partial charge in [-0.2, -0.15) is 0 Å². The molecule has 118 valence electrons. The van der Waals surface area contributed by atoms with Gasteiger partial charge in [-0.15, -0.1) is 0 Å². The van der Waals surface area contributed by atoms with Gasteiger partial charge in [0.1, 0.15) is 5.82 Å². The van der Waals surface area contributed by atoms with E-state index in [0.29, 0.717) is 6.04 Å². The van der Waals surface area contributed by atoms with Crippen LogP contribution in [0.5, 0.6) is 0 Å². The van der Waals surface area contributed by atoms with Crippen molar-refractivity contribution in [3.05, 3.63) is 22.9 Å². The Labute approximate surface area is 130 Å². The Kier molecular flexibility index (Phi) is 5.63. The van der Waals surface area contributed by atoms with Crippen molar-refractivity contribution in [3.8, 4) is 0 Å². The Balaban J connectivity index is 2.23. The number of nitrogens with zero attached hydrogens (tertiary/aromatic N) is 2. The largest absolute Gasteiger partial charge is 0.356 e. The van der Waals surface area contributed by atoms with Crippen LogP contribution in [0.3, 0.4) is 0 Å². The standard InChI is InChI=1S/C18H31N3/c1-6-19-12-17-14(3)11-15(4)20-18(17)21(5)16-9-7-13(2)8-10-16/h11,13,16,19H,6-10,12H2,1-5H3. The fraction of sp³-hybridized carbons (Fsp3) is 0.722. The zero-order chi connectivity index (χ0) is 15.4. The quantitative estimate of drug-likeness (QED) is 0.893. The molecule has 2 rings (SSSR count). The van der Waals surface area contributed by atoms with E-state index in [1.165, 1.54) is 42.6 Å². The van der Waals surface area contributed by atoms with Crippen molar-refractivity contribution in [1.29, 1.82) is 0 Å². The van der Waals surface area contributed by atoms with E-state index in [4.69, 9.17) is 4.98 Å². The van der Waals surface area contributed by atoms with Crippen LogP contribution in [0, 0.1) is 19.8 Å². The van der Waals surface area contributed by atoms with Crippen LogP contribution in [0.4, 0.5) is 5.82 Å². The topological polar surface area (TPSA) is 28.2 Å². The highest BCUT2D eigenvalue weighted by molar-refractivity contribution is 5.52. The highest BCUT2D eigenvalue weighted by Gasteiger charge is 2.24. The molecule has 1 aliphatic carbocycles. The molecule has 0 radical (unpaired) electrons. The first-order chi connectivity index (χ1) is 10.0. The van der Waals surface area contributed by atoms with Gasteiger partial charge < -0.3 is 10.2 Å². The smallest absolute Gasteiger partial charge is 0.133 e. The first-order valence-electron chi connectivity index (χ1n) is 8.43. The van der Waals surface area contributed by atoms with Gasteiger partial charge >= 0.3 is 0 Å². The third-order valence-electron chi connectivity index (χ3n) is 4.87. The normalized spacial score (nSPS) is 22.3. The fourth-order valence-electron chi connectivity index (χ4n) is 3.41. The number of pyridine rings is 1. The molecule has 1 saturated carbocycles. The molecule has 0 bridgehead atoms. The molecular formula is C18H31N3. The van der Waals surface area contributed by atoms with E-state index in [-0.39, 0.29) is 0 Å². The van der Waals surface area contributed by atoms with Crippen molar-refractivity contribution in [2.75, 3.05) is 18.5 Å². The Morgan fingerprint density at radius 2 is 1.90 bits per heavy atom. The SMILES string of the molecule is CCNCc1c(C)cc(C)nc1N(C)C1CCC(C)CC1. The molecule has 1 fully saturated rings. The molecule has 1 heterocycles. The van der Waals surface area contributed by atoms with E-state index in [0.717, 1.165) is 24.7 Å². The zero-order valence-electron chi connectivity index (χ0n) is 14.4. The van der Waals surface area contributed by atoms with E-state index in [1.54, 1.807) is 0 Å². The van der Waals surface area contributed by atoms with Crippen LogP contribution in [-0.4, -0.2) is 24.6 Å². The second-order valence-electron chi connectivity index (χ2n) is 6.69. The molecule has 0 atom stereocenters. The predicted octanol–water partition coefficient (Wildman–Crippen LogP) is 3.82. The number of aromatic nitrogens is 1. The molecule has 21 heavy (non-hydrogen) atoms. The average Bonchev–Trinajstić information content (AvgIpc) is 2.46. The van der Waals surface area contributed by atoms with Crippen LogP contribution in [0.1, 0.15) is 56.4 Å². The average molecular weight is 289 g/mol. The van der Waals surface area contributed by atoms with E-state index in [1.807, 2.05) is 0 Å². The van der Waals surface area contributed by atoms with Crippen LogP contribution >= 0.6 is 0 Å². The summed E-state index contributed by atoms with van der Waals surface area (Å²) >= 11 is 0. The van der Waals surface area contributed by atoms with Gasteiger partial charge in [0, 0.05) is 30.9 Å². The summed E-state index contributed by atoms with van der Waals surface area (Å²) in [5.74, 6) is 2.08. The molecule has 0 saturated heterocycles. The first kappa shape index (κ1) is 16.3. The molecular weight excluding hydrogens is 258 g/mol. The third-order valence-corrected chi connectivity index (χ3v) is 4.87. The summed E-state index contributed by atoms with van der Waals surface area (Å²) < 4.78 is 0. The van der Waals surface area contributed by atoms with Gasteiger partial charge in [-0.05, 0) is 63.6 Å². The summed E-state index contributed by atoms with van der Waals surface area (Å²) in [6.07, 6.45) is 5.30. The summed E-state index contributed by atoms with van der Waals surface area (Å²) in [7, 11) is 2.23. The minimum absolute atomic E-state index is 0.648. The lowest BCUT2D eigenvalue weighted by Crippen LogP contribution is -2.36. The summed E-state index contributed by atoms with van der Waals surface area (Å²) in [6, 6.07) is 2.85. The Morgan fingerprint density at radius 1 is 1.24 bits per heavy atom. The first-order valence-corrected chi connectivity index (χ1v) is 8.43. The molecule has 1 aromatic rings. The summed E-state index contributed by atoms with van der Waals surface area (Å²) in [4.78, 5) is 7.31. The van der Waals surface area contributed by atoms with Gasteiger partial charge in [-0.3, -0.25) is 0 Å². The lowest BCUT2D eigenvalue weighted by molar-refractivity contribution is 0.339. The van der Waals surface area contributed by atoms with Crippen molar-refractivity contribution in [3.63, 3.8) is 0 Å². The molecule has 3 heteroatoms. The summed E-state index contributed by atoms with van der Waals surface area (Å²) in [5, 5.41) is 3.46. The van der Waals surface area contributed by atoms with Gasteiger partial charge in [0.15, 0.2) is 0 Å². The lowest BCUT2D eigenvalue weighted by Gasteiger charge is -2.35. The maximum absolute atomic E-state index is 4.87. The maximum atomic E-state index is 4.87. The predicted molar refractivity (Wildman–Crippen MR) is 90.9 cm³/mol. The number of hydrogen-bond donors (Lipinski definition) is 1. The van der Waals surface area contributed by atoms with E-state index < -0.39 is 0 Å². The second kappa shape index (κ2) is 7.26. The molecule has 0 aliphatic heterocycles. The molecule has 1 N–H and O–H groups in total. The highest BCUT2D eigenvalue weighted by atomic mass is 15.2. The molecule has 0 aromatic carbocycles. The Hall–Kier alpha value is -1.09. The van der Waals surface area contributed by atoms with Gasteiger partial charge in [-0.1, -0.05) is 13.8 Å². The number of nitrogens with one attached hydrogen (secondary N) is 1. The van der Waals surface area contributed by atoms with E-state index >= 15 is 0 Å². The van der Waals surface area contributed by atoms with Crippen molar-refractivity contribution in [2.45, 2.75) is 66.0 Å². The molecule has 1 aliphatic rings. The molecule has 0 spiro atoms. The van der Waals surface area contributed by atoms with Gasteiger partial charge in [0.2, 0.25) is 0 Å². The monoisotopic (exact) mass is 289 g/mol. The van der Waals surface area contributed by atoms with Crippen LogP contribution in [-0.2, 0) is 6.54 Å². The molecule has 0 unspecified atom stereocenters. The molecule has 3 nitrogen and oxygen atoms in total. The van der Waals surface area contributed by atoms with Gasteiger partial charge in [-0.25, -0.2) is 4.98 Å². The number of rotatable bonds is 5. The maximum Gasteiger partial charge on any atom is 0.133 e. The Bertz CT molecular complexity index is 462. The number of aryl methyl sites for hydroxylation is 2. The minimum atomic E-state index is 0.648. The summed E-state index contributed by atoms with van der Waals surface area (Å²) in [5.41, 5.74) is 3.84. The fourth-order valence-corrected chi connectivity index (χ4v) is 3.41. The van der Waals surface area contributed by atoms with Crippen molar-refractivity contribution in [2.24, 2.45) is 5.92 Å². The highest BCUT2D eigenvalue weighted by Crippen LogP contribution is 2.31. The second-order valence-corrected chi connectivity index (χ2v) is 6.69. The van der Waals surface area contributed by atoms with Gasteiger partial charge in [0.05, 0.1) is 0 Å². The van der Waals surface area contributed by atoms with E-state index in [9.17, 15) is 0 Å². The zero-order valence-corrected chi connectivity index (χ0v) is 14.4.